The SMILES string of the molecule is CCc1nn2c(/C=N/N=C3\SCC(=O)N3c3ccc(O)cc3)c(-c3ccccc3)nc2s1. The molecule has 8 nitrogen and oxygen atoms in total. The molecule has 5 rings (SSSR count). The third kappa shape index (κ3) is 3.78. The van der Waals surface area contributed by atoms with Gasteiger partial charge >= 0.3 is 0 Å². The number of aromatic nitrogens is 3. The summed E-state index contributed by atoms with van der Waals surface area (Å²) in [4.78, 5) is 19.5. The van der Waals surface area contributed by atoms with Gasteiger partial charge in [0.15, 0.2) is 5.17 Å². The number of carbonyl (C=O) groups excluding carboxylic acids is 1. The molecule has 160 valence electrons. The number of imidazole rings is 1. The van der Waals surface area contributed by atoms with Gasteiger partial charge in [-0.05, 0) is 30.7 Å². The van der Waals surface area contributed by atoms with Crippen LogP contribution in [0.5, 0.6) is 5.75 Å². The molecule has 0 radical (unpaired) electrons. The van der Waals surface area contributed by atoms with Crippen LogP contribution in [0.15, 0.2) is 64.8 Å². The smallest absolute Gasteiger partial charge is 0.243 e. The van der Waals surface area contributed by atoms with Crippen molar-refractivity contribution in [2.45, 2.75) is 13.3 Å². The number of benzene rings is 2. The first kappa shape index (κ1) is 20.4. The van der Waals surface area contributed by atoms with Crippen molar-refractivity contribution in [3.05, 3.63) is 65.3 Å². The number of amidine groups is 1. The summed E-state index contributed by atoms with van der Waals surface area (Å²) in [6.07, 6.45) is 2.46. The van der Waals surface area contributed by atoms with E-state index in [2.05, 4.69) is 22.2 Å². The molecule has 1 aliphatic rings. The number of nitrogens with zero attached hydrogens (tertiary/aromatic N) is 6. The number of rotatable bonds is 5. The number of thioether (sulfide) groups is 1. The van der Waals surface area contributed by atoms with E-state index >= 15 is 0 Å². The zero-order valence-corrected chi connectivity index (χ0v) is 18.7. The highest BCUT2D eigenvalue weighted by atomic mass is 32.2. The molecule has 1 fully saturated rings. The van der Waals surface area contributed by atoms with E-state index in [0.717, 1.165) is 33.3 Å². The summed E-state index contributed by atoms with van der Waals surface area (Å²) in [5, 5.41) is 24.3. The summed E-state index contributed by atoms with van der Waals surface area (Å²) in [6.45, 7) is 2.06. The Kier molecular flexibility index (Phi) is 5.46. The fraction of sp³-hybridized carbons (Fsp3) is 0.136. The predicted octanol–water partition coefficient (Wildman–Crippen LogP) is 4.20. The Balaban J connectivity index is 1.52. The number of amides is 1. The van der Waals surface area contributed by atoms with Crippen molar-refractivity contribution in [3.63, 3.8) is 0 Å². The minimum absolute atomic E-state index is 0.0848. The monoisotopic (exact) mass is 462 g/mol. The Bertz CT molecular complexity index is 1340. The van der Waals surface area contributed by atoms with E-state index in [1.807, 2.05) is 30.3 Å². The molecule has 0 spiro atoms. The topological polar surface area (TPSA) is 95.5 Å². The van der Waals surface area contributed by atoms with Gasteiger partial charge in [0, 0.05) is 5.56 Å². The summed E-state index contributed by atoms with van der Waals surface area (Å²) in [6, 6.07) is 16.3. The molecule has 2 aromatic heterocycles. The van der Waals surface area contributed by atoms with Crippen LogP contribution < -0.4 is 4.90 Å². The lowest BCUT2D eigenvalue weighted by Gasteiger charge is -2.14. The average Bonchev–Trinajstić information content (AvgIpc) is 3.48. The molecule has 10 heteroatoms. The first-order valence-corrected chi connectivity index (χ1v) is 11.7. The molecule has 0 unspecified atom stereocenters. The minimum Gasteiger partial charge on any atom is -0.508 e. The molecule has 0 aliphatic carbocycles. The number of anilines is 1. The molecule has 1 amide bonds. The van der Waals surface area contributed by atoms with Crippen LogP contribution in [0.25, 0.3) is 16.2 Å². The van der Waals surface area contributed by atoms with Gasteiger partial charge in [0.05, 0.1) is 17.7 Å². The lowest BCUT2D eigenvalue weighted by molar-refractivity contribution is -0.115. The second-order valence-electron chi connectivity index (χ2n) is 6.92. The molecular formula is C22H18N6O2S2. The van der Waals surface area contributed by atoms with Crippen LogP contribution in [-0.4, -0.2) is 42.7 Å². The van der Waals surface area contributed by atoms with E-state index in [-0.39, 0.29) is 17.4 Å². The lowest BCUT2D eigenvalue weighted by atomic mass is 10.1. The van der Waals surface area contributed by atoms with Gasteiger partial charge in [-0.1, -0.05) is 60.4 Å². The van der Waals surface area contributed by atoms with E-state index in [0.29, 0.717) is 10.9 Å². The average molecular weight is 463 g/mol. The van der Waals surface area contributed by atoms with Crippen molar-refractivity contribution >= 4 is 51.0 Å². The number of fused-ring (bicyclic) bond motifs is 1. The van der Waals surface area contributed by atoms with Crippen molar-refractivity contribution < 1.29 is 9.90 Å². The summed E-state index contributed by atoms with van der Waals surface area (Å²) in [5.74, 6) is 0.337. The quantitative estimate of drug-likeness (QED) is 0.354. The van der Waals surface area contributed by atoms with Crippen molar-refractivity contribution in [1.82, 2.24) is 14.6 Å². The molecule has 1 saturated heterocycles. The fourth-order valence-electron chi connectivity index (χ4n) is 3.30. The third-order valence-electron chi connectivity index (χ3n) is 4.83. The summed E-state index contributed by atoms with van der Waals surface area (Å²) in [5.41, 5.74) is 3.11. The zero-order valence-electron chi connectivity index (χ0n) is 17.0. The molecule has 2 aromatic carbocycles. The Morgan fingerprint density at radius 2 is 1.94 bits per heavy atom. The summed E-state index contributed by atoms with van der Waals surface area (Å²) < 4.78 is 1.79. The maximum Gasteiger partial charge on any atom is 0.243 e. The van der Waals surface area contributed by atoms with Crippen LogP contribution in [0.2, 0.25) is 0 Å². The van der Waals surface area contributed by atoms with Crippen LogP contribution in [0.3, 0.4) is 0 Å². The van der Waals surface area contributed by atoms with E-state index in [1.54, 1.807) is 34.2 Å². The van der Waals surface area contributed by atoms with E-state index < -0.39 is 0 Å². The van der Waals surface area contributed by atoms with Crippen LogP contribution in [0, 0.1) is 0 Å². The normalized spacial score (nSPS) is 15.6. The molecule has 1 aliphatic heterocycles. The summed E-state index contributed by atoms with van der Waals surface area (Å²) in [7, 11) is 0. The van der Waals surface area contributed by atoms with E-state index in [9.17, 15) is 9.90 Å². The number of aromatic hydroxyl groups is 1. The van der Waals surface area contributed by atoms with Crippen LogP contribution in [0.1, 0.15) is 17.6 Å². The highest BCUT2D eigenvalue weighted by molar-refractivity contribution is 8.15. The predicted molar refractivity (Wildman–Crippen MR) is 129 cm³/mol. The van der Waals surface area contributed by atoms with E-state index in [1.165, 1.54) is 28.8 Å². The third-order valence-corrected chi connectivity index (χ3v) is 6.79. The lowest BCUT2D eigenvalue weighted by Crippen LogP contribution is -2.28. The van der Waals surface area contributed by atoms with Crippen molar-refractivity contribution in [3.8, 4) is 17.0 Å². The van der Waals surface area contributed by atoms with Gasteiger partial charge in [-0.25, -0.2) is 9.50 Å². The Morgan fingerprint density at radius 3 is 2.69 bits per heavy atom. The summed E-state index contributed by atoms with van der Waals surface area (Å²) >= 11 is 2.87. The van der Waals surface area contributed by atoms with Gasteiger partial charge in [0.1, 0.15) is 22.1 Å². The maximum atomic E-state index is 12.4. The Hall–Kier alpha value is -3.50. The second kappa shape index (κ2) is 8.56. The molecule has 0 atom stereocenters. The molecule has 4 aromatic rings. The molecule has 32 heavy (non-hydrogen) atoms. The maximum absolute atomic E-state index is 12.4. The highest BCUT2D eigenvalue weighted by Crippen LogP contribution is 2.29. The van der Waals surface area contributed by atoms with Gasteiger partial charge in [0.25, 0.3) is 0 Å². The van der Waals surface area contributed by atoms with Gasteiger partial charge < -0.3 is 5.11 Å². The van der Waals surface area contributed by atoms with Crippen LogP contribution in [0.4, 0.5) is 5.69 Å². The first-order chi connectivity index (χ1) is 15.6. The fourth-order valence-corrected chi connectivity index (χ4v) is 4.96. The van der Waals surface area contributed by atoms with Crippen molar-refractivity contribution in [1.29, 1.82) is 0 Å². The molecule has 3 heterocycles. The minimum atomic E-state index is -0.0848. The second-order valence-corrected chi connectivity index (χ2v) is 8.90. The van der Waals surface area contributed by atoms with E-state index in [4.69, 9.17) is 4.98 Å². The van der Waals surface area contributed by atoms with Crippen molar-refractivity contribution in [2.24, 2.45) is 10.2 Å². The number of carbonyl (C=O) groups is 1. The number of aryl methyl sites for hydroxylation is 1. The number of phenolic OH excluding ortho intramolecular Hbond substituents is 1. The Labute approximate surface area is 191 Å². The molecule has 1 N–H and O–H groups in total. The zero-order chi connectivity index (χ0) is 22.1. The largest absolute Gasteiger partial charge is 0.508 e. The first-order valence-electron chi connectivity index (χ1n) is 9.93. The van der Waals surface area contributed by atoms with Crippen LogP contribution >= 0.6 is 23.1 Å². The molecule has 0 saturated carbocycles. The number of phenols is 1. The highest BCUT2D eigenvalue weighted by Gasteiger charge is 2.30. The van der Waals surface area contributed by atoms with Gasteiger partial charge in [0.2, 0.25) is 10.9 Å². The van der Waals surface area contributed by atoms with Gasteiger partial charge in [-0.15, -0.1) is 5.10 Å². The van der Waals surface area contributed by atoms with Crippen LogP contribution in [-0.2, 0) is 11.2 Å². The number of hydrogen-bond acceptors (Lipinski definition) is 8. The van der Waals surface area contributed by atoms with Gasteiger partial charge in [-0.2, -0.15) is 10.2 Å². The van der Waals surface area contributed by atoms with Gasteiger partial charge in [-0.3, -0.25) is 9.69 Å². The standard InChI is InChI=1S/C22H18N6O2S2/c1-2-18-26-28-17(20(24-21(28)32-18)14-6-4-3-5-7-14)12-23-25-22-27(19(30)13-31-22)15-8-10-16(29)11-9-15/h3-12,29H,2,13H2,1H3/b23-12+,25-22-. The Morgan fingerprint density at radius 1 is 1.16 bits per heavy atom. The molecule has 0 bridgehead atoms. The number of hydrogen-bond donors (Lipinski definition) is 1. The molecular weight excluding hydrogens is 444 g/mol. The van der Waals surface area contributed by atoms with Crippen molar-refractivity contribution in [2.75, 3.05) is 10.7 Å².